The van der Waals surface area contributed by atoms with Gasteiger partial charge in [-0.2, -0.15) is 0 Å². The van der Waals surface area contributed by atoms with Crippen LogP contribution in [0.3, 0.4) is 0 Å². The zero-order valence-corrected chi connectivity index (χ0v) is 24.3. The van der Waals surface area contributed by atoms with Gasteiger partial charge >= 0.3 is 0 Å². The van der Waals surface area contributed by atoms with E-state index in [-0.39, 0.29) is 0 Å². The van der Waals surface area contributed by atoms with Crippen LogP contribution in [0.4, 0.5) is 0 Å². The van der Waals surface area contributed by atoms with Crippen LogP contribution in [0.1, 0.15) is 0 Å². The quantitative estimate of drug-likeness (QED) is 0.198. The van der Waals surface area contributed by atoms with Crippen LogP contribution in [-0.4, -0.2) is 14.5 Å². The monoisotopic (exact) mass is 571 g/mol. The zero-order valence-electron chi connectivity index (χ0n) is 24.3. The third-order valence-electron chi connectivity index (χ3n) is 9.30. The van der Waals surface area contributed by atoms with Gasteiger partial charge in [-0.3, -0.25) is 4.57 Å². The summed E-state index contributed by atoms with van der Waals surface area (Å²) in [4.78, 5) is 10.6. The summed E-state index contributed by atoms with van der Waals surface area (Å²) in [6.07, 6.45) is 0. The molecule has 0 N–H and O–H groups in total. The summed E-state index contributed by atoms with van der Waals surface area (Å²) >= 11 is 0. The van der Waals surface area contributed by atoms with E-state index in [1.165, 1.54) is 54.2 Å². The first kappa shape index (κ1) is 24.4. The molecular weight excluding hydrogens is 546 g/mol. The number of nitrogens with zero attached hydrogens (tertiary/aromatic N) is 3. The Hall–Kier alpha value is -6.06. The maximum absolute atomic E-state index is 5.36. The Labute approximate surface area is 259 Å². The number of para-hydroxylation sites is 2. The van der Waals surface area contributed by atoms with Crippen LogP contribution in [0.25, 0.3) is 93.4 Å². The summed E-state index contributed by atoms with van der Waals surface area (Å²) < 4.78 is 2.36. The second-order valence-electron chi connectivity index (χ2n) is 11.8. The van der Waals surface area contributed by atoms with Gasteiger partial charge in [0.25, 0.3) is 0 Å². The minimum atomic E-state index is 0.842. The van der Waals surface area contributed by atoms with Crippen molar-refractivity contribution in [1.29, 1.82) is 0 Å². The van der Waals surface area contributed by atoms with Crippen molar-refractivity contribution in [1.82, 2.24) is 14.5 Å². The van der Waals surface area contributed by atoms with E-state index < -0.39 is 0 Å². The highest BCUT2D eigenvalue weighted by molar-refractivity contribution is 6.39. The molecule has 2 aromatic heterocycles. The van der Waals surface area contributed by atoms with E-state index in [1.54, 1.807) is 0 Å². The molecule has 0 aliphatic heterocycles. The minimum absolute atomic E-state index is 0.842. The van der Waals surface area contributed by atoms with Gasteiger partial charge in [-0.05, 0) is 68.4 Å². The van der Waals surface area contributed by atoms with E-state index in [4.69, 9.17) is 9.97 Å². The Morgan fingerprint density at radius 3 is 1.82 bits per heavy atom. The first-order valence-corrected chi connectivity index (χ1v) is 15.4. The Morgan fingerprint density at radius 2 is 1.02 bits per heavy atom. The number of rotatable bonds is 3. The third kappa shape index (κ3) is 3.46. The summed E-state index contributed by atoms with van der Waals surface area (Å²) in [5.41, 5.74) is 8.40. The fourth-order valence-electron chi connectivity index (χ4n) is 7.34. The minimum Gasteiger partial charge on any atom is -0.292 e. The van der Waals surface area contributed by atoms with Gasteiger partial charge in [-0.1, -0.05) is 121 Å². The van der Waals surface area contributed by atoms with Gasteiger partial charge in [0.2, 0.25) is 0 Å². The smallest absolute Gasteiger partial charge is 0.165 e. The van der Waals surface area contributed by atoms with Gasteiger partial charge in [0.15, 0.2) is 5.82 Å². The van der Waals surface area contributed by atoms with Crippen molar-refractivity contribution in [3.63, 3.8) is 0 Å². The molecule has 0 radical (unpaired) electrons. The summed E-state index contributed by atoms with van der Waals surface area (Å²) in [5, 5.41) is 10.1. The summed E-state index contributed by atoms with van der Waals surface area (Å²) in [5.74, 6) is 0.842. The van der Waals surface area contributed by atoms with Crippen molar-refractivity contribution >= 4 is 65.2 Å². The standard InChI is InChI=1S/C42H25N3/c1-3-12-26(13-4-1)28-22-23-29-25-37-40-38(33(29)24-28)31-17-8-7-16-30(31)32-18-11-21-36(39(32)40)45(37)42-41(27-14-5-2-6-15-27)43-34-19-9-10-20-35(34)44-42/h1-25H. The number of fused-ring (bicyclic) bond motifs is 6. The highest BCUT2D eigenvalue weighted by atomic mass is 15.1. The molecule has 45 heavy (non-hydrogen) atoms. The van der Waals surface area contributed by atoms with Gasteiger partial charge < -0.3 is 0 Å². The second kappa shape index (κ2) is 9.22. The van der Waals surface area contributed by atoms with Crippen LogP contribution in [0.2, 0.25) is 0 Å². The summed E-state index contributed by atoms with van der Waals surface area (Å²) in [7, 11) is 0. The molecule has 10 aromatic rings. The molecule has 3 heteroatoms. The topological polar surface area (TPSA) is 30.7 Å². The molecule has 208 valence electrons. The van der Waals surface area contributed by atoms with Crippen LogP contribution >= 0.6 is 0 Å². The van der Waals surface area contributed by atoms with Crippen molar-refractivity contribution in [2.75, 3.05) is 0 Å². The van der Waals surface area contributed by atoms with E-state index in [2.05, 4.69) is 132 Å². The molecule has 0 aliphatic rings. The molecule has 0 spiro atoms. The van der Waals surface area contributed by atoms with Crippen molar-refractivity contribution in [3.05, 3.63) is 152 Å². The lowest BCUT2D eigenvalue weighted by molar-refractivity contribution is 1.08. The number of aromatic nitrogens is 3. The molecule has 0 fully saturated rings. The van der Waals surface area contributed by atoms with E-state index in [9.17, 15) is 0 Å². The molecule has 0 saturated carbocycles. The van der Waals surface area contributed by atoms with E-state index in [0.717, 1.165) is 39.1 Å². The van der Waals surface area contributed by atoms with E-state index in [0.29, 0.717) is 0 Å². The molecule has 0 unspecified atom stereocenters. The van der Waals surface area contributed by atoms with Crippen LogP contribution in [0.5, 0.6) is 0 Å². The molecule has 0 bridgehead atoms. The van der Waals surface area contributed by atoms with Crippen LogP contribution < -0.4 is 0 Å². The highest BCUT2D eigenvalue weighted by Gasteiger charge is 2.24. The molecule has 3 nitrogen and oxygen atoms in total. The molecule has 2 heterocycles. The fourth-order valence-corrected chi connectivity index (χ4v) is 7.34. The van der Waals surface area contributed by atoms with E-state index >= 15 is 0 Å². The molecule has 0 atom stereocenters. The van der Waals surface area contributed by atoms with Crippen molar-refractivity contribution in [2.45, 2.75) is 0 Å². The Morgan fingerprint density at radius 1 is 0.378 bits per heavy atom. The molecule has 0 aliphatic carbocycles. The first-order valence-electron chi connectivity index (χ1n) is 15.4. The molecule has 8 aromatic carbocycles. The maximum atomic E-state index is 5.36. The Bertz CT molecular complexity index is 2740. The van der Waals surface area contributed by atoms with Crippen molar-refractivity contribution in [3.8, 4) is 28.2 Å². The predicted octanol–water partition coefficient (Wildman–Crippen LogP) is 11.0. The van der Waals surface area contributed by atoms with Crippen molar-refractivity contribution in [2.24, 2.45) is 0 Å². The molecule has 10 rings (SSSR count). The van der Waals surface area contributed by atoms with Gasteiger partial charge in [0.05, 0.1) is 22.1 Å². The zero-order chi connectivity index (χ0) is 29.5. The Kier molecular flexibility index (Phi) is 5.00. The lowest BCUT2D eigenvalue weighted by Crippen LogP contribution is -2.03. The largest absolute Gasteiger partial charge is 0.292 e. The molecular formula is C42H25N3. The van der Waals surface area contributed by atoms with Gasteiger partial charge in [-0.15, -0.1) is 0 Å². The number of benzene rings is 8. The number of hydrogen-bond donors (Lipinski definition) is 0. The lowest BCUT2D eigenvalue weighted by atomic mass is 9.90. The SMILES string of the molecule is c1ccc(-c2ccc3cc4c5c(c3c2)c2ccccc2c2cccc(c25)n4-c2nc3ccccc3nc2-c2ccccc2)cc1. The van der Waals surface area contributed by atoms with Gasteiger partial charge in [-0.25, -0.2) is 9.97 Å². The summed E-state index contributed by atoms with van der Waals surface area (Å²) in [6.45, 7) is 0. The average molecular weight is 572 g/mol. The average Bonchev–Trinajstić information content (AvgIpc) is 3.44. The van der Waals surface area contributed by atoms with Crippen molar-refractivity contribution < 1.29 is 0 Å². The normalized spacial score (nSPS) is 12.0. The molecule has 0 amide bonds. The fraction of sp³-hybridized carbons (Fsp3) is 0. The number of hydrogen-bond acceptors (Lipinski definition) is 2. The Balaban J connectivity index is 1.43. The third-order valence-corrected chi connectivity index (χ3v) is 9.30. The van der Waals surface area contributed by atoms with Crippen LogP contribution in [0.15, 0.2) is 152 Å². The summed E-state index contributed by atoms with van der Waals surface area (Å²) in [6, 6.07) is 54.1. The highest BCUT2D eigenvalue weighted by Crippen LogP contribution is 2.47. The van der Waals surface area contributed by atoms with Gasteiger partial charge in [0.1, 0.15) is 5.69 Å². The van der Waals surface area contributed by atoms with Crippen LogP contribution in [0, 0.1) is 0 Å². The van der Waals surface area contributed by atoms with Gasteiger partial charge in [0, 0.05) is 21.7 Å². The van der Waals surface area contributed by atoms with E-state index in [1.807, 2.05) is 24.3 Å². The lowest BCUT2D eigenvalue weighted by Gasteiger charge is -2.14. The maximum Gasteiger partial charge on any atom is 0.165 e. The molecule has 0 saturated heterocycles. The first-order chi connectivity index (χ1) is 22.3. The van der Waals surface area contributed by atoms with Crippen LogP contribution in [-0.2, 0) is 0 Å². The predicted molar refractivity (Wildman–Crippen MR) is 188 cm³/mol. The second-order valence-corrected chi connectivity index (χ2v) is 11.8.